The van der Waals surface area contributed by atoms with Gasteiger partial charge in [0.05, 0.1) is 5.56 Å². The number of nitrogens with one attached hydrogen (secondary N) is 1. The number of nitrogens with zero attached hydrogens (tertiary/aromatic N) is 3. The molecular formula is C14H18ClN5O. The van der Waals surface area contributed by atoms with Crippen molar-refractivity contribution < 1.29 is 4.79 Å². The normalized spacial score (nSPS) is 12.1. The van der Waals surface area contributed by atoms with Crippen LogP contribution in [-0.4, -0.2) is 26.7 Å². The quantitative estimate of drug-likeness (QED) is 0.854. The van der Waals surface area contributed by atoms with Crippen LogP contribution >= 0.6 is 11.6 Å². The van der Waals surface area contributed by atoms with Crippen molar-refractivity contribution >= 4 is 23.3 Å². The molecule has 2 aromatic heterocycles. The molecule has 0 saturated heterocycles. The van der Waals surface area contributed by atoms with E-state index in [0.717, 1.165) is 12.8 Å². The van der Waals surface area contributed by atoms with E-state index in [2.05, 4.69) is 26.1 Å². The molecule has 2 rings (SSSR count). The Morgan fingerprint density at radius 1 is 1.52 bits per heavy atom. The topological polar surface area (TPSA) is 85.8 Å². The lowest BCUT2D eigenvalue weighted by Gasteiger charge is -2.16. The van der Waals surface area contributed by atoms with E-state index in [9.17, 15) is 4.79 Å². The summed E-state index contributed by atoms with van der Waals surface area (Å²) in [6.45, 7) is 2.02. The summed E-state index contributed by atoms with van der Waals surface area (Å²) in [5.74, 6) is -0.213. The maximum absolute atomic E-state index is 11.4. The molecule has 0 bridgehead atoms. The zero-order chi connectivity index (χ0) is 15.4. The van der Waals surface area contributed by atoms with Crippen molar-refractivity contribution in [3.8, 4) is 0 Å². The van der Waals surface area contributed by atoms with Gasteiger partial charge >= 0.3 is 0 Å². The van der Waals surface area contributed by atoms with Crippen molar-refractivity contribution in [3.63, 3.8) is 0 Å². The Bertz CT molecular complexity index is 640. The van der Waals surface area contributed by atoms with Crippen molar-refractivity contribution in [2.24, 2.45) is 12.8 Å². The predicted octanol–water partition coefficient (Wildman–Crippen LogP) is 2.00. The van der Waals surface area contributed by atoms with Crippen LogP contribution in [0.5, 0.6) is 0 Å². The zero-order valence-corrected chi connectivity index (χ0v) is 12.8. The minimum atomic E-state index is -0.580. The Morgan fingerprint density at radius 2 is 2.29 bits per heavy atom. The fourth-order valence-electron chi connectivity index (χ4n) is 2.09. The molecule has 0 aliphatic rings. The third kappa shape index (κ3) is 3.95. The Labute approximate surface area is 128 Å². The number of anilines is 1. The summed E-state index contributed by atoms with van der Waals surface area (Å²) in [7, 11) is 2.02. The van der Waals surface area contributed by atoms with E-state index in [1.165, 1.54) is 11.8 Å². The average Bonchev–Trinajstić information content (AvgIpc) is 2.84. The van der Waals surface area contributed by atoms with Gasteiger partial charge in [-0.15, -0.1) is 10.2 Å². The van der Waals surface area contributed by atoms with Crippen LogP contribution in [0.4, 0.5) is 5.82 Å². The van der Waals surface area contributed by atoms with Gasteiger partial charge in [-0.3, -0.25) is 4.79 Å². The molecule has 0 aromatic carbocycles. The summed E-state index contributed by atoms with van der Waals surface area (Å²) in [6.07, 6.45) is 3.83. The number of carbonyl (C=O) groups excluding carboxylic acids is 1. The Morgan fingerprint density at radius 3 is 2.90 bits per heavy atom. The highest BCUT2D eigenvalue weighted by Gasteiger charge is 2.14. The molecule has 21 heavy (non-hydrogen) atoms. The molecule has 0 aliphatic carbocycles. The van der Waals surface area contributed by atoms with Gasteiger partial charge in [-0.25, -0.2) is 0 Å². The first kappa shape index (κ1) is 15.3. The number of aryl methyl sites for hydroxylation is 2. The first-order valence-corrected chi connectivity index (χ1v) is 7.05. The number of rotatable bonds is 6. The highest BCUT2D eigenvalue weighted by atomic mass is 35.5. The van der Waals surface area contributed by atoms with Gasteiger partial charge in [0.1, 0.15) is 0 Å². The Balaban J connectivity index is 2.01. The van der Waals surface area contributed by atoms with Crippen molar-refractivity contribution in [2.45, 2.75) is 25.8 Å². The molecule has 1 atom stereocenters. The molecule has 1 amide bonds. The molecule has 112 valence electrons. The molecule has 3 N–H and O–H groups in total. The second-order valence-corrected chi connectivity index (χ2v) is 5.38. The Kier molecular flexibility index (Phi) is 4.80. The first-order chi connectivity index (χ1) is 9.97. The lowest BCUT2D eigenvalue weighted by Crippen LogP contribution is -2.22. The van der Waals surface area contributed by atoms with Crippen LogP contribution < -0.4 is 11.1 Å². The number of halogens is 1. The highest BCUT2D eigenvalue weighted by molar-refractivity contribution is 6.29. The van der Waals surface area contributed by atoms with Gasteiger partial charge in [0.25, 0.3) is 5.91 Å². The van der Waals surface area contributed by atoms with Crippen LogP contribution in [0, 0.1) is 0 Å². The van der Waals surface area contributed by atoms with Crippen LogP contribution in [0.1, 0.15) is 29.4 Å². The van der Waals surface area contributed by atoms with Gasteiger partial charge in [0.15, 0.2) is 11.0 Å². The lowest BCUT2D eigenvalue weighted by atomic mass is 10.1. The van der Waals surface area contributed by atoms with E-state index in [-0.39, 0.29) is 16.8 Å². The van der Waals surface area contributed by atoms with E-state index in [1.807, 2.05) is 26.2 Å². The number of amides is 1. The molecule has 0 spiro atoms. The molecule has 0 radical (unpaired) electrons. The number of nitrogens with two attached hydrogens (primary N) is 1. The first-order valence-electron chi connectivity index (χ1n) is 6.67. The maximum atomic E-state index is 11.4. The lowest BCUT2D eigenvalue weighted by molar-refractivity contribution is 0.100. The minimum absolute atomic E-state index is 0.119. The molecule has 2 aromatic rings. The summed E-state index contributed by atoms with van der Waals surface area (Å²) in [5.41, 5.74) is 6.82. The van der Waals surface area contributed by atoms with Crippen LogP contribution in [-0.2, 0) is 13.5 Å². The second kappa shape index (κ2) is 6.58. The van der Waals surface area contributed by atoms with Crippen molar-refractivity contribution in [1.82, 2.24) is 14.8 Å². The number of primary amides is 1. The van der Waals surface area contributed by atoms with E-state index < -0.39 is 5.91 Å². The van der Waals surface area contributed by atoms with Gasteiger partial charge in [-0.05, 0) is 38.0 Å². The minimum Gasteiger partial charge on any atom is -0.365 e. The number of carbonyl (C=O) groups is 1. The smallest absolute Gasteiger partial charge is 0.252 e. The van der Waals surface area contributed by atoms with Crippen molar-refractivity contribution in [1.29, 1.82) is 0 Å². The second-order valence-electron chi connectivity index (χ2n) is 4.99. The largest absolute Gasteiger partial charge is 0.365 e. The summed E-state index contributed by atoms with van der Waals surface area (Å²) >= 11 is 5.73. The monoisotopic (exact) mass is 307 g/mol. The van der Waals surface area contributed by atoms with Gasteiger partial charge in [-0.1, -0.05) is 11.6 Å². The van der Waals surface area contributed by atoms with Crippen LogP contribution in [0.3, 0.4) is 0 Å². The molecule has 0 aliphatic heterocycles. The maximum Gasteiger partial charge on any atom is 0.252 e. The molecule has 2 heterocycles. The van der Waals surface area contributed by atoms with Gasteiger partial charge in [0.2, 0.25) is 0 Å². The van der Waals surface area contributed by atoms with Crippen LogP contribution in [0.25, 0.3) is 0 Å². The summed E-state index contributed by atoms with van der Waals surface area (Å²) < 4.78 is 2.09. The third-order valence-corrected chi connectivity index (χ3v) is 3.48. The van der Waals surface area contributed by atoms with Crippen LogP contribution in [0.2, 0.25) is 5.15 Å². The van der Waals surface area contributed by atoms with Gasteiger partial charge in [-0.2, -0.15) is 0 Å². The fraction of sp³-hybridized carbons (Fsp3) is 0.357. The number of hydrogen-bond donors (Lipinski definition) is 2. The van der Waals surface area contributed by atoms with Crippen molar-refractivity contribution in [3.05, 3.63) is 40.8 Å². The third-order valence-electron chi connectivity index (χ3n) is 3.30. The van der Waals surface area contributed by atoms with E-state index in [1.54, 1.807) is 0 Å². The molecule has 7 heteroatoms. The zero-order valence-electron chi connectivity index (χ0n) is 12.0. The van der Waals surface area contributed by atoms with Crippen molar-refractivity contribution in [2.75, 3.05) is 5.32 Å². The summed E-state index contributed by atoms with van der Waals surface area (Å²) in [5, 5.41) is 10.9. The molecular weight excluding hydrogens is 290 g/mol. The predicted molar refractivity (Wildman–Crippen MR) is 82.4 cm³/mol. The van der Waals surface area contributed by atoms with E-state index >= 15 is 0 Å². The number of aromatic nitrogens is 3. The highest BCUT2D eigenvalue weighted by Crippen LogP contribution is 2.17. The van der Waals surface area contributed by atoms with Gasteiger partial charge in [0, 0.05) is 25.0 Å². The SMILES string of the molecule is CC(CCc1cccn1C)Nc1nnc(Cl)cc1C(N)=O. The molecule has 1 unspecified atom stereocenters. The van der Waals surface area contributed by atoms with E-state index in [0.29, 0.717) is 5.82 Å². The van der Waals surface area contributed by atoms with E-state index in [4.69, 9.17) is 17.3 Å². The standard InChI is InChI=1S/C14H18ClN5O/c1-9(5-6-10-4-3-7-20(10)2)17-14-11(13(16)21)8-12(15)18-19-14/h3-4,7-9H,5-6H2,1-2H3,(H2,16,21)(H,17,19). The van der Waals surface area contributed by atoms with Gasteiger partial charge < -0.3 is 15.6 Å². The average molecular weight is 308 g/mol. The number of hydrogen-bond acceptors (Lipinski definition) is 4. The fourth-order valence-corrected chi connectivity index (χ4v) is 2.24. The summed E-state index contributed by atoms with van der Waals surface area (Å²) in [6, 6.07) is 5.64. The summed E-state index contributed by atoms with van der Waals surface area (Å²) in [4.78, 5) is 11.4. The molecule has 6 nitrogen and oxygen atoms in total. The molecule has 0 saturated carbocycles. The molecule has 0 fully saturated rings. The Hall–Kier alpha value is -2.08. The van der Waals surface area contributed by atoms with Crippen LogP contribution in [0.15, 0.2) is 24.4 Å².